The number of nitrogens with one attached hydrogen (secondary N) is 2. The third kappa shape index (κ3) is 4.79. The molecule has 7 nitrogen and oxygen atoms in total. The van der Waals surface area contributed by atoms with Gasteiger partial charge in [0.05, 0.1) is 12.6 Å². The molecule has 28 heavy (non-hydrogen) atoms. The summed E-state index contributed by atoms with van der Waals surface area (Å²) in [5.74, 6) is -0.0692. The molecule has 1 aromatic carbocycles. The molecule has 0 saturated heterocycles. The summed E-state index contributed by atoms with van der Waals surface area (Å²) in [5.41, 5.74) is 7.41. The molecule has 1 unspecified atom stereocenters. The zero-order valence-electron chi connectivity index (χ0n) is 15.9. The summed E-state index contributed by atoms with van der Waals surface area (Å²) in [7, 11) is 0. The Hall–Kier alpha value is -3.09. The van der Waals surface area contributed by atoms with Crippen LogP contribution in [-0.2, 0) is 11.2 Å². The number of benzene rings is 1. The molecule has 1 aliphatic rings. The molecule has 2 amide bonds. The number of aryl methyl sites for hydroxylation is 2. The van der Waals surface area contributed by atoms with E-state index in [-0.39, 0.29) is 17.5 Å². The van der Waals surface area contributed by atoms with Crippen LogP contribution in [0.2, 0.25) is 0 Å². The van der Waals surface area contributed by atoms with Gasteiger partial charge in [-0.05, 0) is 56.4 Å². The number of ether oxygens (including phenoxy) is 1. The van der Waals surface area contributed by atoms with E-state index >= 15 is 0 Å². The first kappa shape index (κ1) is 19.7. The van der Waals surface area contributed by atoms with Crippen LogP contribution in [0.5, 0.6) is 5.75 Å². The van der Waals surface area contributed by atoms with E-state index in [1.165, 1.54) is 11.6 Å². The summed E-state index contributed by atoms with van der Waals surface area (Å²) < 4.78 is 5.64. The summed E-state index contributed by atoms with van der Waals surface area (Å²) in [6.07, 6.45) is 3.24. The molecular formula is C21H25N3O4. The quantitative estimate of drug-likeness (QED) is 0.636. The van der Waals surface area contributed by atoms with Crippen LogP contribution >= 0.6 is 0 Å². The maximum atomic E-state index is 12.3. The molecule has 1 heterocycles. The molecule has 0 bridgehead atoms. The molecule has 1 aromatic heterocycles. The number of hydrogen-bond donors (Lipinski definition) is 3. The fourth-order valence-corrected chi connectivity index (χ4v) is 3.40. The van der Waals surface area contributed by atoms with Crippen LogP contribution in [0.1, 0.15) is 58.9 Å². The van der Waals surface area contributed by atoms with Crippen LogP contribution in [-0.4, -0.2) is 23.4 Å². The zero-order valence-corrected chi connectivity index (χ0v) is 15.9. The lowest BCUT2D eigenvalue weighted by Crippen LogP contribution is -2.34. The minimum atomic E-state index is -0.770. The van der Waals surface area contributed by atoms with E-state index in [0.717, 1.165) is 29.8 Å². The number of aromatic nitrogens is 1. The number of carbonyl (C=O) groups is 2. The first-order chi connectivity index (χ1) is 13.4. The highest BCUT2D eigenvalue weighted by Gasteiger charge is 2.24. The number of H-pyrrole nitrogens is 1. The lowest BCUT2D eigenvalue weighted by molar-refractivity contribution is -0.122. The van der Waals surface area contributed by atoms with Crippen LogP contribution in [0.15, 0.2) is 35.1 Å². The number of rotatable bonds is 7. The normalized spacial score (nSPS) is 15.5. The molecule has 0 spiro atoms. The Morgan fingerprint density at radius 1 is 1.29 bits per heavy atom. The summed E-state index contributed by atoms with van der Waals surface area (Å²) >= 11 is 0. The van der Waals surface area contributed by atoms with Gasteiger partial charge in [-0.15, -0.1) is 0 Å². The SMILES string of the molecule is Cc1ccc(OCCCC(=O)NC2CCCc3[nH]c(=O)c(C(N)=O)cc32)cc1. The molecule has 148 valence electrons. The largest absolute Gasteiger partial charge is 0.494 e. The van der Waals surface area contributed by atoms with Gasteiger partial charge in [0.15, 0.2) is 0 Å². The van der Waals surface area contributed by atoms with Gasteiger partial charge in [0, 0.05) is 12.1 Å². The lowest BCUT2D eigenvalue weighted by atomic mass is 9.90. The molecule has 0 radical (unpaired) electrons. The molecule has 3 rings (SSSR count). The number of aromatic amines is 1. The van der Waals surface area contributed by atoms with Crippen LogP contribution in [0, 0.1) is 6.92 Å². The minimum Gasteiger partial charge on any atom is -0.494 e. The molecule has 1 atom stereocenters. The number of nitrogens with two attached hydrogens (primary N) is 1. The van der Waals surface area contributed by atoms with Crippen molar-refractivity contribution in [3.8, 4) is 5.75 Å². The van der Waals surface area contributed by atoms with E-state index in [9.17, 15) is 14.4 Å². The maximum absolute atomic E-state index is 12.3. The molecule has 0 aliphatic heterocycles. The van der Waals surface area contributed by atoms with Gasteiger partial charge in [0.1, 0.15) is 11.3 Å². The van der Waals surface area contributed by atoms with Crippen molar-refractivity contribution < 1.29 is 14.3 Å². The molecule has 0 saturated carbocycles. The number of pyridine rings is 1. The topological polar surface area (TPSA) is 114 Å². The van der Waals surface area contributed by atoms with Crippen molar-refractivity contribution in [2.45, 2.75) is 45.1 Å². The van der Waals surface area contributed by atoms with Crippen molar-refractivity contribution in [3.63, 3.8) is 0 Å². The number of carbonyl (C=O) groups excluding carboxylic acids is 2. The van der Waals surface area contributed by atoms with Gasteiger partial charge in [0.25, 0.3) is 11.5 Å². The predicted molar refractivity (Wildman–Crippen MR) is 105 cm³/mol. The molecule has 4 N–H and O–H groups in total. The van der Waals surface area contributed by atoms with E-state index in [2.05, 4.69) is 10.3 Å². The zero-order chi connectivity index (χ0) is 20.1. The van der Waals surface area contributed by atoms with Crippen LogP contribution in [0.3, 0.4) is 0 Å². The third-order valence-corrected chi connectivity index (χ3v) is 4.89. The highest BCUT2D eigenvalue weighted by Crippen LogP contribution is 2.28. The van der Waals surface area contributed by atoms with Crippen molar-refractivity contribution in [1.29, 1.82) is 0 Å². The van der Waals surface area contributed by atoms with E-state index in [1.807, 2.05) is 31.2 Å². The highest BCUT2D eigenvalue weighted by atomic mass is 16.5. The average molecular weight is 383 g/mol. The Labute approximate surface area is 163 Å². The predicted octanol–water partition coefficient (Wildman–Crippen LogP) is 2.14. The fourth-order valence-electron chi connectivity index (χ4n) is 3.40. The van der Waals surface area contributed by atoms with E-state index in [0.29, 0.717) is 25.9 Å². The summed E-state index contributed by atoms with van der Waals surface area (Å²) in [5, 5.41) is 3.00. The summed E-state index contributed by atoms with van der Waals surface area (Å²) in [4.78, 5) is 38.4. The second kappa shape index (κ2) is 8.73. The van der Waals surface area contributed by atoms with Gasteiger partial charge < -0.3 is 20.8 Å². The Morgan fingerprint density at radius 3 is 2.75 bits per heavy atom. The highest BCUT2D eigenvalue weighted by molar-refractivity contribution is 5.92. The van der Waals surface area contributed by atoms with Gasteiger partial charge in [-0.3, -0.25) is 14.4 Å². The van der Waals surface area contributed by atoms with Crippen LogP contribution < -0.4 is 21.3 Å². The minimum absolute atomic E-state index is 0.0774. The third-order valence-electron chi connectivity index (χ3n) is 4.89. The second-order valence-electron chi connectivity index (χ2n) is 7.09. The molecule has 1 aliphatic carbocycles. The fraction of sp³-hybridized carbons (Fsp3) is 0.381. The van der Waals surface area contributed by atoms with E-state index in [4.69, 9.17) is 10.5 Å². The van der Waals surface area contributed by atoms with Crippen LogP contribution in [0.4, 0.5) is 0 Å². The van der Waals surface area contributed by atoms with Crippen molar-refractivity contribution >= 4 is 11.8 Å². The number of primary amides is 1. The number of hydrogen-bond acceptors (Lipinski definition) is 4. The van der Waals surface area contributed by atoms with Crippen molar-refractivity contribution in [2.75, 3.05) is 6.61 Å². The van der Waals surface area contributed by atoms with Gasteiger partial charge in [-0.2, -0.15) is 0 Å². The first-order valence-electron chi connectivity index (χ1n) is 9.49. The lowest BCUT2D eigenvalue weighted by Gasteiger charge is -2.26. The molecule has 2 aromatic rings. The van der Waals surface area contributed by atoms with Crippen molar-refractivity contribution in [3.05, 3.63) is 63.1 Å². The van der Waals surface area contributed by atoms with E-state index in [1.54, 1.807) is 0 Å². The Morgan fingerprint density at radius 2 is 2.04 bits per heavy atom. The Kier molecular flexibility index (Phi) is 6.13. The molecule has 7 heteroatoms. The van der Waals surface area contributed by atoms with Crippen LogP contribution in [0.25, 0.3) is 0 Å². The van der Waals surface area contributed by atoms with Gasteiger partial charge in [0.2, 0.25) is 5.91 Å². The maximum Gasteiger partial charge on any atom is 0.261 e. The van der Waals surface area contributed by atoms with Crippen molar-refractivity contribution in [2.24, 2.45) is 5.73 Å². The van der Waals surface area contributed by atoms with Gasteiger partial charge in [-0.1, -0.05) is 17.7 Å². The first-order valence-corrected chi connectivity index (χ1v) is 9.49. The van der Waals surface area contributed by atoms with Crippen molar-refractivity contribution in [1.82, 2.24) is 10.3 Å². The number of amides is 2. The average Bonchev–Trinajstić information content (AvgIpc) is 2.66. The standard InChI is InChI=1S/C21H25N3O4/c1-13-7-9-14(10-8-13)28-11-3-6-19(25)23-17-4-2-5-18-15(17)12-16(20(22)26)21(27)24-18/h7-10,12,17H,2-6,11H2,1H3,(H2,22,26)(H,23,25)(H,24,27). The smallest absolute Gasteiger partial charge is 0.261 e. The summed E-state index contributed by atoms with van der Waals surface area (Å²) in [6, 6.07) is 9.06. The van der Waals surface area contributed by atoms with E-state index < -0.39 is 11.5 Å². The molecular weight excluding hydrogens is 358 g/mol. The Bertz CT molecular complexity index is 918. The van der Waals surface area contributed by atoms with Gasteiger partial charge in [-0.25, -0.2) is 0 Å². The summed E-state index contributed by atoms with van der Waals surface area (Å²) in [6.45, 7) is 2.47. The number of fused-ring (bicyclic) bond motifs is 1. The van der Waals surface area contributed by atoms with Gasteiger partial charge >= 0.3 is 0 Å². The monoisotopic (exact) mass is 383 g/mol. The molecule has 0 fully saturated rings. The Balaban J connectivity index is 1.55. The second-order valence-corrected chi connectivity index (χ2v) is 7.09.